The number of nitrogens with zero attached hydrogens (tertiary/aromatic N) is 2. The van der Waals surface area contributed by atoms with E-state index in [-0.39, 0.29) is 0 Å². The van der Waals surface area contributed by atoms with Gasteiger partial charge in [0.15, 0.2) is 0 Å². The number of likely N-dealkylation sites (tertiary alicyclic amines) is 1. The van der Waals surface area contributed by atoms with Crippen molar-refractivity contribution in [3.8, 4) is 0 Å². The molecule has 0 amide bonds. The molecule has 3 nitrogen and oxygen atoms in total. The smallest absolute Gasteiger partial charge is 0.0254 e. The first kappa shape index (κ1) is 12.3. The second kappa shape index (κ2) is 5.48. The van der Waals surface area contributed by atoms with Crippen LogP contribution in [0, 0.1) is 11.8 Å². The first-order valence-corrected chi connectivity index (χ1v) is 6.76. The quantitative estimate of drug-likeness (QED) is 0.769. The minimum Gasteiger partial charge on any atom is -0.316 e. The lowest BCUT2D eigenvalue weighted by Crippen LogP contribution is -2.39. The molecule has 2 saturated heterocycles. The van der Waals surface area contributed by atoms with E-state index in [1.807, 2.05) is 0 Å². The van der Waals surface area contributed by atoms with Gasteiger partial charge in [-0.15, -0.1) is 0 Å². The maximum absolute atomic E-state index is 3.52. The highest BCUT2D eigenvalue weighted by molar-refractivity contribution is 4.88. The standard InChI is InChI=1S/C13H27N3/c1-11-8-16(10-13(11)15(2)3)9-12-5-4-6-14-7-12/h11-14H,4-10H2,1-3H3. The van der Waals surface area contributed by atoms with Gasteiger partial charge in [-0.3, -0.25) is 0 Å². The van der Waals surface area contributed by atoms with Crippen LogP contribution in [0.5, 0.6) is 0 Å². The predicted octanol–water partition coefficient (Wildman–Crippen LogP) is 0.868. The molecule has 3 atom stereocenters. The molecule has 2 fully saturated rings. The number of likely N-dealkylation sites (N-methyl/N-ethyl adjacent to an activating group) is 1. The third-order valence-electron chi connectivity index (χ3n) is 4.23. The molecule has 3 unspecified atom stereocenters. The van der Waals surface area contributed by atoms with Gasteiger partial charge in [-0.1, -0.05) is 6.92 Å². The van der Waals surface area contributed by atoms with Crippen LogP contribution in [0.1, 0.15) is 19.8 Å². The van der Waals surface area contributed by atoms with Gasteiger partial charge in [-0.25, -0.2) is 0 Å². The maximum Gasteiger partial charge on any atom is 0.0254 e. The lowest BCUT2D eigenvalue weighted by Gasteiger charge is -2.28. The highest BCUT2D eigenvalue weighted by Crippen LogP contribution is 2.22. The molecule has 0 aromatic carbocycles. The second-order valence-corrected chi connectivity index (χ2v) is 5.94. The third kappa shape index (κ3) is 2.96. The van der Waals surface area contributed by atoms with E-state index in [1.54, 1.807) is 0 Å². The van der Waals surface area contributed by atoms with E-state index in [2.05, 4.69) is 36.1 Å². The van der Waals surface area contributed by atoms with E-state index in [4.69, 9.17) is 0 Å². The molecule has 16 heavy (non-hydrogen) atoms. The Bertz CT molecular complexity index is 211. The molecule has 94 valence electrons. The molecule has 0 aromatic heterocycles. The van der Waals surface area contributed by atoms with Gasteiger partial charge in [0.2, 0.25) is 0 Å². The fraction of sp³-hybridized carbons (Fsp3) is 1.00. The second-order valence-electron chi connectivity index (χ2n) is 5.94. The summed E-state index contributed by atoms with van der Waals surface area (Å²) in [4.78, 5) is 5.07. The van der Waals surface area contributed by atoms with Crippen LogP contribution < -0.4 is 5.32 Å². The van der Waals surface area contributed by atoms with Crippen molar-refractivity contribution >= 4 is 0 Å². The Hall–Kier alpha value is -0.120. The summed E-state index contributed by atoms with van der Waals surface area (Å²) in [6, 6.07) is 0.761. The molecule has 0 radical (unpaired) electrons. The van der Waals surface area contributed by atoms with Gasteiger partial charge in [0, 0.05) is 25.7 Å². The minimum absolute atomic E-state index is 0.761. The van der Waals surface area contributed by atoms with Crippen LogP contribution in [0.2, 0.25) is 0 Å². The predicted molar refractivity (Wildman–Crippen MR) is 68.7 cm³/mol. The molecule has 0 aromatic rings. The number of rotatable bonds is 3. The molecular weight excluding hydrogens is 198 g/mol. The van der Waals surface area contributed by atoms with Crippen molar-refractivity contribution in [1.29, 1.82) is 0 Å². The number of nitrogens with one attached hydrogen (secondary N) is 1. The largest absolute Gasteiger partial charge is 0.316 e. The van der Waals surface area contributed by atoms with Crippen molar-refractivity contribution in [3.05, 3.63) is 0 Å². The monoisotopic (exact) mass is 225 g/mol. The molecule has 0 saturated carbocycles. The van der Waals surface area contributed by atoms with Gasteiger partial charge >= 0.3 is 0 Å². The van der Waals surface area contributed by atoms with Crippen LogP contribution in [-0.4, -0.2) is 62.7 Å². The average molecular weight is 225 g/mol. The molecule has 1 N–H and O–H groups in total. The SMILES string of the molecule is CC1CN(CC2CCCNC2)CC1N(C)C. The topological polar surface area (TPSA) is 18.5 Å². The normalized spacial score (nSPS) is 37.1. The lowest BCUT2D eigenvalue weighted by atomic mass is 9.99. The highest BCUT2D eigenvalue weighted by atomic mass is 15.2. The van der Waals surface area contributed by atoms with E-state index in [1.165, 1.54) is 45.6 Å². The van der Waals surface area contributed by atoms with Crippen molar-refractivity contribution in [1.82, 2.24) is 15.1 Å². The number of hydrogen-bond acceptors (Lipinski definition) is 3. The lowest BCUT2D eigenvalue weighted by molar-refractivity contribution is 0.221. The van der Waals surface area contributed by atoms with Gasteiger partial charge in [0.25, 0.3) is 0 Å². The van der Waals surface area contributed by atoms with E-state index in [0.29, 0.717) is 0 Å². The zero-order valence-corrected chi connectivity index (χ0v) is 11.1. The Morgan fingerprint density at radius 2 is 2.12 bits per heavy atom. The van der Waals surface area contributed by atoms with Gasteiger partial charge in [0.05, 0.1) is 0 Å². The fourth-order valence-electron chi connectivity index (χ4n) is 3.31. The molecule has 0 spiro atoms. The van der Waals surface area contributed by atoms with Crippen molar-refractivity contribution < 1.29 is 0 Å². The van der Waals surface area contributed by atoms with Crippen LogP contribution in [0.3, 0.4) is 0 Å². The Balaban J connectivity index is 1.78. The van der Waals surface area contributed by atoms with E-state index < -0.39 is 0 Å². The van der Waals surface area contributed by atoms with Crippen molar-refractivity contribution in [2.24, 2.45) is 11.8 Å². The average Bonchev–Trinajstić information content (AvgIpc) is 2.61. The summed E-state index contributed by atoms with van der Waals surface area (Å²) in [5, 5.41) is 3.52. The zero-order valence-electron chi connectivity index (χ0n) is 11.1. The van der Waals surface area contributed by atoms with E-state index in [0.717, 1.165) is 17.9 Å². The van der Waals surface area contributed by atoms with Gasteiger partial charge in [-0.05, 0) is 51.9 Å². The molecule has 2 rings (SSSR count). The summed E-state index contributed by atoms with van der Waals surface area (Å²) in [6.07, 6.45) is 2.79. The van der Waals surface area contributed by atoms with Crippen LogP contribution in [-0.2, 0) is 0 Å². The summed E-state index contributed by atoms with van der Waals surface area (Å²) >= 11 is 0. The molecule has 3 heteroatoms. The van der Waals surface area contributed by atoms with Crippen molar-refractivity contribution in [2.75, 3.05) is 46.8 Å². The summed E-state index contributed by atoms with van der Waals surface area (Å²) in [5.74, 6) is 1.72. The molecule has 2 heterocycles. The van der Waals surface area contributed by atoms with E-state index in [9.17, 15) is 0 Å². The van der Waals surface area contributed by atoms with E-state index >= 15 is 0 Å². The zero-order chi connectivity index (χ0) is 11.5. The number of hydrogen-bond donors (Lipinski definition) is 1. The molecule has 2 aliphatic rings. The van der Waals surface area contributed by atoms with Crippen LogP contribution in [0.15, 0.2) is 0 Å². The van der Waals surface area contributed by atoms with Gasteiger partial charge in [0.1, 0.15) is 0 Å². The summed E-state index contributed by atoms with van der Waals surface area (Å²) in [5.41, 5.74) is 0. The van der Waals surface area contributed by atoms with Gasteiger partial charge < -0.3 is 15.1 Å². The molecule has 0 bridgehead atoms. The maximum atomic E-state index is 3.52. The summed E-state index contributed by atoms with van der Waals surface area (Å²) in [6.45, 7) is 8.72. The van der Waals surface area contributed by atoms with Crippen LogP contribution in [0.4, 0.5) is 0 Å². The minimum atomic E-state index is 0.761. The highest BCUT2D eigenvalue weighted by Gasteiger charge is 2.31. The van der Waals surface area contributed by atoms with Gasteiger partial charge in [-0.2, -0.15) is 0 Å². The first-order valence-electron chi connectivity index (χ1n) is 6.76. The van der Waals surface area contributed by atoms with Crippen LogP contribution in [0.25, 0.3) is 0 Å². The van der Waals surface area contributed by atoms with Crippen LogP contribution >= 0.6 is 0 Å². The Kier molecular flexibility index (Phi) is 4.22. The first-order chi connectivity index (χ1) is 7.66. The Morgan fingerprint density at radius 3 is 2.69 bits per heavy atom. The fourth-order valence-corrected chi connectivity index (χ4v) is 3.31. The summed E-state index contributed by atoms with van der Waals surface area (Å²) < 4.78 is 0. The third-order valence-corrected chi connectivity index (χ3v) is 4.23. The van der Waals surface area contributed by atoms with Crippen molar-refractivity contribution in [2.45, 2.75) is 25.8 Å². The van der Waals surface area contributed by atoms with Crippen molar-refractivity contribution in [3.63, 3.8) is 0 Å². The Labute approximate surface area is 100 Å². The summed E-state index contributed by atoms with van der Waals surface area (Å²) in [7, 11) is 4.43. The molecule has 0 aliphatic carbocycles. The molecule has 2 aliphatic heterocycles. The molecular formula is C13H27N3. The Morgan fingerprint density at radius 1 is 1.31 bits per heavy atom. The number of piperidine rings is 1.